The van der Waals surface area contributed by atoms with Crippen molar-refractivity contribution in [2.24, 2.45) is 5.73 Å². The van der Waals surface area contributed by atoms with E-state index in [1.807, 2.05) is 4.90 Å². The van der Waals surface area contributed by atoms with Crippen LogP contribution >= 0.6 is 0 Å². The van der Waals surface area contributed by atoms with Crippen LogP contribution in [0.1, 0.15) is 23.3 Å². The molecular weight excluding hydrogens is 246 g/mol. The second-order valence-corrected chi connectivity index (χ2v) is 4.58. The third-order valence-corrected chi connectivity index (χ3v) is 3.10. The Morgan fingerprint density at radius 3 is 2.68 bits per heavy atom. The summed E-state index contributed by atoms with van der Waals surface area (Å²) in [4.78, 5) is 32.5. The van der Waals surface area contributed by atoms with E-state index in [2.05, 4.69) is 15.3 Å². The molecule has 1 aromatic heterocycles. The molecule has 2 amide bonds. The first-order valence-electron chi connectivity index (χ1n) is 6.22. The van der Waals surface area contributed by atoms with E-state index < -0.39 is 0 Å². The van der Waals surface area contributed by atoms with Gasteiger partial charge in [0, 0.05) is 31.5 Å². The van der Waals surface area contributed by atoms with E-state index in [1.165, 1.54) is 18.6 Å². The van der Waals surface area contributed by atoms with Crippen LogP contribution in [0.2, 0.25) is 0 Å². The summed E-state index contributed by atoms with van der Waals surface area (Å²) in [6.07, 6.45) is 6.07. The highest BCUT2D eigenvalue weighted by Crippen LogP contribution is 2.10. The maximum Gasteiger partial charge on any atom is 0.271 e. The number of carbonyl (C=O) groups is 2. The number of piperidine rings is 1. The largest absolute Gasteiger partial charge is 0.369 e. The predicted octanol–water partition coefficient (Wildman–Crippen LogP) is -0.844. The maximum absolute atomic E-state index is 11.9. The first kappa shape index (κ1) is 13.4. The standard InChI is InChI=1S/C12H17N5O2/c13-11(18)8-17-5-1-9(2-6-17)16-12(19)10-7-14-3-4-15-10/h3-4,7,9H,1-2,5-6,8H2,(H2,13,18)(H,16,19). The van der Waals surface area contributed by atoms with Gasteiger partial charge in [0.2, 0.25) is 5.91 Å². The molecule has 2 rings (SSSR count). The van der Waals surface area contributed by atoms with Gasteiger partial charge in [-0.15, -0.1) is 0 Å². The molecule has 1 aromatic rings. The van der Waals surface area contributed by atoms with E-state index >= 15 is 0 Å². The summed E-state index contributed by atoms with van der Waals surface area (Å²) in [5, 5.41) is 2.92. The number of primary amides is 1. The summed E-state index contributed by atoms with van der Waals surface area (Å²) < 4.78 is 0. The minimum atomic E-state index is -0.318. The van der Waals surface area contributed by atoms with Crippen LogP contribution in [-0.4, -0.2) is 52.4 Å². The van der Waals surface area contributed by atoms with Crippen molar-refractivity contribution in [3.8, 4) is 0 Å². The monoisotopic (exact) mass is 263 g/mol. The lowest BCUT2D eigenvalue weighted by Gasteiger charge is -2.31. The van der Waals surface area contributed by atoms with Gasteiger partial charge >= 0.3 is 0 Å². The Hall–Kier alpha value is -2.02. The number of aromatic nitrogens is 2. The fraction of sp³-hybridized carbons (Fsp3) is 0.500. The van der Waals surface area contributed by atoms with E-state index in [0.29, 0.717) is 5.69 Å². The summed E-state index contributed by atoms with van der Waals surface area (Å²) in [7, 11) is 0. The molecule has 1 saturated heterocycles. The van der Waals surface area contributed by atoms with Crippen LogP contribution in [0.5, 0.6) is 0 Å². The van der Waals surface area contributed by atoms with Crippen molar-refractivity contribution in [3.63, 3.8) is 0 Å². The Balaban J connectivity index is 1.80. The van der Waals surface area contributed by atoms with Crippen molar-refractivity contribution in [2.75, 3.05) is 19.6 Å². The normalized spacial score (nSPS) is 17.1. The van der Waals surface area contributed by atoms with Gasteiger partial charge in [0.25, 0.3) is 5.91 Å². The van der Waals surface area contributed by atoms with Gasteiger partial charge in [-0.05, 0) is 12.8 Å². The number of hydrogen-bond acceptors (Lipinski definition) is 5. The van der Waals surface area contributed by atoms with Crippen LogP contribution < -0.4 is 11.1 Å². The number of nitrogens with two attached hydrogens (primary N) is 1. The Morgan fingerprint density at radius 1 is 1.37 bits per heavy atom. The summed E-state index contributed by atoms with van der Waals surface area (Å²) in [5.41, 5.74) is 5.47. The summed E-state index contributed by atoms with van der Waals surface area (Å²) in [6, 6.07) is 0.110. The SMILES string of the molecule is NC(=O)CN1CCC(NC(=O)c2cnccn2)CC1. The highest BCUT2D eigenvalue weighted by molar-refractivity contribution is 5.92. The number of amides is 2. The molecule has 3 N–H and O–H groups in total. The van der Waals surface area contributed by atoms with Gasteiger partial charge in [0.1, 0.15) is 5.69 Å². The molecule has 2 heterocycles. The fourth-order valence-corrected chi connectivity index (χ4v) is 2.13. The molecule has 0 saturated carbocycles. The van der Waals surface area contributed by atoms with E-state index in [-0.39, 0.29) is 24.4 Å². The van der Waals surface area contributed by atoms with Crippen molar-refractivity contribution in [3.05, 3.63) is 24.3 Å². The Bertz CT molecular complexity index is 443. The van der Waals surface area contributed by atoms with Gasteiger partial charge in [-0.25, -0.2) is 4.98 Å². The zero-order valence-corrected chi connectivity index (χ0v) is 10.6. The molecule has 1 fully saturated rings. The van der Waals surface area contributed by atoms with E-state index in [4.69, 9.17) is 5.73 Å². The van der Waals surface area contributed by atoms with Gasteiger partial charge in [-0.1, -0.05) is 0 Å². The second kappa shape index (κ2) is 6.24. The van der Waals surface area contributed by atoms with Gasteiger partial charge in [-0.2, -0.15) is 0 Å². The first-order valence-corrected chi connectivity index (χ1v) is 6.22. The molecule has 0 radical (unpaired) electrons. The molecular formula is C12H17N5O2. The van der Waals surface area contributed by atoms with Gasteiger partial charge in [0.05, 0.1) is 12.7 Å². The molecule has 0 spiro atoms. The molecule has 7 nitrogen and oxygen atoms in total. The average molecular weight is 263 g/mol. The quantitative estimate of drug-likeness (QED) is 0.737. The molecule has 1 aliphatic rings. The molecule has 1 aliphatic heterocycles. The average Bonchev–Trinajstić information content (AvgIpc) is 2.41. The highest BCUT2D eigenvalue weighted by Gasteiger charge is 2.22. The summed E-state index contributed by atoms with van der Waals surface area (Å²) in [6.45, 7) is 1.80. The molecule has 0 aliphatic carbocycles. The van der Waals surface area contributed by atoms with Crippen molar-refractivity contribution in [1.82, 2.24) is 20.2 Å². The van der Waals surface area contributed by atoms with Crippen molar-refractivity contribution >= 4 is 11.8 Å². The number of carbonyl (C=O) groups excluding carboxylic acids is 2. The molecule has 7 heteroatoms. The summed E-state index contributed by atoms with van der Waals surface area (Å²) >= 11 is 0. The molecule has 0 aromatic carbocycles. The van der Waals surface area contributed by atoms with E-state index in [1.54, 1.807) is 0 Å². The van der Waals surface area contributed by atoms with Crippen LogP contribution in [0.3, 0.4) is 0 Å². The molecule has 19 heavy (non-hydrogen) atoms. The number of rotatable bonds is 4. The summed E-state index contributed by atoms with van der Waals surface area (Å²) in [5.74, 6) is -0.525. The van der Waals surface area contributed by atoms with Gasteiger partial charge in [-0.3, -0.25) is 19.5 Å². The first-order chi connectivity index (χ1) is 9.15. The van der Waals surface area contributed by atoms with E-state index in [9.17, 15) is 9.59 Å². The molecule has 0 bridgehead atoms. The molecule has 0 unspecified atom stereocenters. The lowest BCUT2D eigenvalue weighted by molar-refractivity contribution is -0.119. The lowest BCUT2D eigenvalue weighted by Crippen LogP contribution is -2.46. The Kier molecular flexibility index (Phi) is 4.40. The predicted molar refractivity (Wildman–Crippen MR) is 68.2 cm³/mol. The second-order valence-electron chi connectivity index (χ2n) is 4.58. The van der Waals surface area contributed by atoms with Crippen LogP contribution in [0.15, 0.2) is 18.6 Å². The number of likely N-dealkylation sites (tertiary alicyclic amines) is 1. The third kappa shape index (κ3) is 3.99. The van der Waals surface area contributed by atoms with Crippen molar-refractivity contribution < 1.29 is 9.59 Å². The van der Waals surface area contributed by atoms with Crippen LogP contribution in [0.4, 0.5) is 0 Å². The van der Waals surface area contributed by atoms with E-state index in [0.717, 1.165) is 25.9 Å². The number of nitrogens with one attached hydrogen (secondary N) is 1. The lowest BCUT2D eigenvalue weighted by atomic mass is 10.0. The van der Waals surface area contributed by atoms with Crippen molar-refractivity contribution in [2.45, 2.75) is 18.9 Å². The topological polar surface area (TPSA) is 101 Å². The molecule has 102 valence electrons. The zero-order chi connectivity index (χ0) is 13.7. The number of nitrogens with zero attached hydrogens (tertiary/aromatic N) is 3. The maximum atomic E-state index is 11.9. The van der Waals surface area contributed by atoms with Gasteiger partial charge < -0.3 is 11.1 Å². The highest BCUT2D eigenvalue weighted by atomic mass is 16.2. The fourth-order valence-electron chi connectivity index (χ4n) is 2.13. The Morgan fingerprint density at radius 2 is 2.11 bits per heavy atom. The minimum absolute atomic E-state index is 0.110. The van der Waals surface area contributed by atoms with Gasteiger partial charge in [0.15, 0.2) is 0 Å². The molecule has 0 atom stereocenters. The van der Waals surface area contributed by atoms with Crippen LogP contribution in [0, 0.1) is 0 Å². The number of hydrogen-bond donors (Lipinski definition) is 2. The van der Waals surface area contributed by atoms with Crippen LogP contribution in [0.25, 0.3) is 0 Å². The third-order valence-electron chi connectivity index (χ3n) is 3.10. The zero-order valence-electron chi connectivity index (χ0n) is 10.6. The van der Waals surface area contributed by atoms with Crippen molar-refractivity contribution in [1.29, 1.82) is 0 Å². The van der Waals surface area contributed by atoms with Crippen LogP contribution in [-0.2, 0) is 4.79 Å². The smallest absolute Gasteiger partial charge is 0.271 e. The minimum Gasteiger partial charge on any atom is -0.369 e. The Labute approximate surface area is 111 Å².